The third kappa shape index (κ3) is 2.32. The molecule has 0 bridgehead atoms. The van der Waals surface area contributed by atoms with Crippen molar-refractivity contribution in [1.29, 1.82) is 0 Å². The first kappa shape index (κ1) is 9.67. The highest BCUT2D eigenvalue weighted by Gasteiger charge is 2.06. The summed E-state index contributed by atoms with van der Waals surface area (Å²) in [5.41, 5.74) is 0.427. The lowest BCUT2D eigenvalue weighted by Gasteiger charge is -2.00. The van der Waals surface area contributed by atoms with Gasteiger partial charge in [0.15, 0.2) is 0 Å². The fraction of sp³-hybridized carbons (Fsp3) is 0. The summed E-state index contributed by atoms with van der Waals surface area (Å²) in [7, 11) is 0. The van der Waals surface area contributed by atoms with Gasteiger partial charge >= 0.3 is 0 Å². The second-order valence-electron chi connectivity index (χ2n) is 2.76. The van der Waals surface area contributed by atoms with Crippen molar-refractivity contribution in [2.75, 3.05) is 5.32 Å². The Morgan fingerprint density at radius 2 is 2.27 bits per heavy atom. The van der Waals surface area contributed by atoms with Gasteiger partial charge in [-0.3, -0.25) is 10.1 Å². The second-order valence-corrected chi connectivity index (χ2v) is 3.15. The number of nitrogens with zero attached hydrogens (tertiary/aromatic N) is 2. The molecule has 0 unspecified atom stereocenters. The summed E-state index contributed by atoms with van der Waals surface area (Å²) in [6, 6.07) is 3.15. The van der Waals surface area contributed by atoms with E-state index in [0.29, 0.717) is 16.7 Å². The number of anilines is 1. The topological polar surface area (TPSA) is 70.7 Å². The normalized spacial score (nSPS) is 9.93. The summed E-state index contributed by atoms with van der Waals surface area (Å²) in [5, 5.41) is 2.92. The quantitative estimate of drug-likeness (QED) is 0.760. The van der Waals surface area contributed by atoms with E-state index in [4.69, 9.17) is 11.6 Å². The third-order valence-electron chi connectivity index (χ3n) is 1.72. The zero-order chi connectivity index (χ0) is 10.7. The maximum Gasteiger partial charge on any atom is 0.259 e. The van der Waals surface area contributed by atoms with Crippen LogP contribution in [0.1, 0.15) is 10.4 Å². The van der Waals surface area contributed by atoms with Crippen LogP contribution in [0.3, 0.4) is 0 Å². The van der Waals surface area contributed by atoms with Crippen LogP contribution in [-0.4, -0.2) is 20.9 Å². The predicted octanol–water partition coefficient (Wildman–Crippen LogP) is 1.71. The average molecular weight is 223 g/mol. The number of imidazole rings is 1. The van der Waals surface area contributed by atoms with Crippen LogP contribution in [0.15, 0.2) is 30.7 Å². The van der Waals surface area contributed by atoms with E-state index in [1.165, 1.54) is 6.20 Å². The van der Waals surface area contributed by atoms with E-state index in [9.17, 15) is 4.79 Å². The molecule has 0 aliphatic rings. The first-order valence-corrected chi connectivity index (χ1v) is 4.56. The summed E-state index contributed by atoms with van der Waals surface area (Å²) in [4.78, 5) is 22.0. The molecule has 0 spiro atoms. The number of rotatable bonds is 2. The van der Waals surface area contributed by atoms with Crippen LogP contribution < -0.4 is 5.32 Å². The van der Waals surface area contributed by atoms with Crippen molar-refractivity contribution in [2.24, 2.45) is 0 Å². The third-order valence-corrected chi connectivity index (χ3v) is 1.94. The first-order valence-electron chi connectivity index (χ1n) is 4.18. The van der Waals surface area contributed by atoms with Crippen LogP contribution in [-0.2, 0) is 0 Å². The SMILES string of the molecule is O=C(Nc1ncc[nH]1)c1ccc(Cl)nc1. The molecule has 2 aromatic rings. The van der Waals surface area contributed by atoms with Gasteiger partial charge in [-0.1, -0.05) is 11.6 Å². The highest BCUT2D eigenvalue weighted by Crippen LogP contribution is 2.06. The number of hydrogen-bond acceptors (Lipinski definition) is 3. The average Bonchev–Trinajstić information content (AvgIpc) is 2.71. The van der Waals surface area contributed by atoms with Crippen LogP contribution in [0.4, 0.5) is 5.95 Å². The Kier molecular flexibility index (Phi) is 2.64. The highest BCUT2D eigenvalue weighted by atomic mass is 35.5. The van der Waals surface area contributed by atoms with Gasteiger partial charge in [-0.2, -0.15) is 0 Å². The van der Waals surface area contributed by atoms with Gasteiger partial charge in [0.2, 0.25) is 5.95 Å². The molecule has 2 N–H and O–H groups in total. The van der Waals surface area contributed by atoms with Crippen molar-refractivity contribution in [2.45, 2.75) is 0 Å². The maximum absolute atomic E-state index is 11.6. The molecule has 2 heterocycles. The molecule has 0 fully saturated rings. The number of carbonyl (C=O) groups is 1. The molecule has 76 valence electrons. The Morgan fingerprint density at radius 1 is 1.40 bits per heavy atom. The van der Waals surface area contributed by atoms with Gasteiger partial charge in [0.1, 0.15) is 5.15 Å². The number of aromatic amines is 1. The standard InChI is InChI=1S/C9H7ClN4O/c10-7-2-1-6(5-13-7)8(15)14-9-11-3-4-12-9/h1-5H,(H2,11,12,14,15). The highest BCUT2D eigenvalue weighted by molar-refractivity contribution is 6.29. The molecule has 2 aromatic heterocycles. The number of amides is 1. The Balaban J connectivity index is 2.11. The molecule has 0 saturated heterocycles. The van der Waals surface area contributed by atoms with Crippen molar-refractivity contribution < 1.29 is 4.79 Å². The van der Waals surface area contributed by atoms with Crippen molar-refractivity contribution in [3.05, 3.63) is 41.4 Å². The number of H-pyrrole nitrogens is 1. The molecule has 15 heavy (non-hydrogen) atoms. The monoisotopic (exact) mass is 222 g/mol. The van der Waals surface area contributed by atoms with Crippen molar-refractivity contribution in [3.8, 4) is 0 Å². The van der Waals surface area contributed by atoms with Gasteiger partial charge in [-0.25, -0.2) is 9.97 Å². The minimum absolute atomic E-state index is 0.283. The molecule has 2 rings (SSSR count). The molecule has 0 aliphatic heterocycles. The van der Waals surface area contributed by atoms with Gasteiger partial charge in [0, 0.05) is 18.6 Å². The number of hydrogen-bond donors (Lipinski definition) is 2. The summed E-state index contributed by atoms with van der Waals surface area (Å²) in [6.07, 6.45) is 4.58. The van der Waals surface area contributed by atoms with Gasteiger partial charge in [-0.05, 0) is 12.1 Å². The van der Waals surface area contributed by atoms with Gasteiger partial charge in [0.05, 0.1) is 5.56 Å². The zero-order valence-electron chi connectivity index (χ0n) is 7.57. The first-order chi connectivity index (χ1) is 7.25. The minimum Gasteiger partial charge on any atom is -0.331 e. The Hall–Kier alpha value is -1.88. The largest absolute Gasteiger partial charge is 0.331 e. The van der Waals surface area contributed by atoms with Crippen LogP contribution in [0.2, 0.25) is 5.15 Å². The van der Waals surface area contributed by atoms with E-state index in [2.05, 4.69) is 20.3 Å². The van der Waals surface area contributed by atoms with Crippen LogP contribution in [0.5, 0.6) is 0 Å². The summed E-state index contributed by atoms with van der Waals surface area (Å²) < 4.78 is 0. The lowest BCUT2D eigenvalue weighted by atomic mass is 10.3. The van der Waals surface area contributed by atoms with E-state index in [0.717, 1.165) is 0 Å². The summed E-state index contributed by atoms with van der Waals surface area (Å²) in [5.74, 6) is 0.115. The van der Waals surface area contributed by atoms with E-state index in [1.807, 2.05) is 0 Å². The molecule has 0 radical (unpaired) electrons. The fourth-order valence-corrected chi connectivity index (χ4v) is 1.14. The number of carbonyl (C=O) groups excluding carboxylic acids is 1. The maximum atomic E-state index is 11.6. The fourth-order valence-electron chi connectivity index (χ4n) is 1.02. The lowest BCUT2D eigenvalue weighted by molar-refractivity contribution is 0.102. The molecule has 0 aliphatic carbocycles. The van der Waals surface area contributed by atoms with Crippen LogP contribution in [0, 0.1) is 0 Å². The Morgan fingerprint density at radius 3 is 2.87 bits per heavy atom. The summed E-state index contributed by atoms with van der Waals surface area (Å²) in [6.45, 7) is 0. The van der Waals surface area contributed by atoms with Gasteiger partial charge in [0.25, 0.3) is 5.91 Å². The molecular weight excluding hydrogens is 216 g/mol. The molecule has 0 atom stereocenters. The molecule has 5 nitrogen and oxygen atoms in total. The van der Waals surface area contributed by atoms with Crippen molar-refractivity contribution in [3.63, 3.8) is 0 Å². The van der Waals surface area contributed by atoms with Gasteiger partial charge in [-0.15, -0.1) is 0 Å². The molecule has 6 heteroatoms. The number of aromatic nitrogens is 3. The van der Waals surface area contributed by atoms with E-state index >= 15 is 0 Å². The number of pyridine rings is 1. The van der Waals surface area contributed by atoms with Crippen LogP contribution in [0.25, 0.3) is 0 Å². The molecular formula is C9H7ClN4O. The number of nitrogens with one attached hydrogen (secondary N) is 2. The Labute approximate surface area is 90.5 Å². The summed E-state index contributed by atoms with van der Waals surface area (Å²) >= 11 is 5.60. The lowest BCUT2D eigenvalue weighted by Crippen LogP contribution is -2.13. The Bertz CT molecular complexity index is 451. The van der Waals surface area contributed by atoms with E-state index < -0.39 is 0 Å². The van der Waals surface area contributed by atoms with Crippen molar-refractivity contribution in [1.82, 2.24) is 15.0 Å². The smallest absolute Gasteiger partial charge is 0.259 e. The minimum atomic E-state index is -0.283. The van der Waals surface area contributed by atoms with Crippen molar-refractivity contribution >= 4 is 23.5 Å². The van der Waals surface area contributed by atoms with Crippen LogP contribution >= 0.6 is 11.6 Å². The molecule has 0 aromatic carbocycles. The zero-order valence-corrected chi connectivity index (χ0v) is 8.32. The molecule has 0 saturated carbocycles. The van der Waals surface area contributed by atoms with Gasteiger partial charge < -0.3 is 4.98 Å². The number of halogens is 1. The van der Waals surface area contributed by atoms with E-state index in [-0.39, 0.29) is 5.91 Å². The van der Waals surface area contributed by atoms with E-state index in [1.54, 1.807) is 24.5 Å². The molecule has 1 amide bonds. The second kappa shape index (κ2) is 4.10. The predicted molar refractivity (Wildman–Crippen MR) is 55.8 cm³/mol.